The molecule has 1 aromatic rings. The smallest absolute Gasteiger partial charge is 0.112 e. The van der Waals surface area contributed by atoms with Crippen molar-refractivity contribution in [2.45, 2.75) is 26.8 Å². The summed E-state index contributed by atoms with van der Waals surface area (Å²) in [6.07, 6.45) is 3.29. The van der Waals surface area contributed by atoms with Gasteiger partial charge in [0.25, 0.3) is 0 Å². The van der Waals surface area contributed by atoms with Gasteiger partial charge in [-0.15, -0.1) is 12.4 Å². The monoisotopic (exact) mass is 242 g/mol. The Morgan fingerprint density at radius 3 is 2.50 bits per heavy atom. The van der Waals surface area contributed by atoms with Gasteiger partial charge < -0.3 is 10.8 Å². The average Bonchev–Trinajstić information content (AvgIpc) is 2.16. The molecule has 16 heavy (non-hydrogen) atoms. The van der Waals surface area contributed by atoms with Gasteiger partial charge in [-0.05, 0) is 17.5 Å². The number of aliphatic hydroxyl groups excluding tert-OH is 1. The lowest BCUT2D eigenvalue weighted by atomic mass is 9.86. The number of hydrogen-bond donors (Lipinski definition) is 2. The minimum atomic E-state index is -0.375. The highest BCUT2D eigenvalue weighted by Crippen LogP contribution is 2.22. The van der Waals surface area contributed by atoms with Gasteiger partial charge in [0.05, 0.1) is 11.7 Å². The maximum atomic E-state index is 9.80. The zero-order valence-corrected chi connectivity index (χ0v) is 10.7. The second-order valence-corrected chi connectivity index (χ2v) is 4.67. The fraction of sp³-hybridized carbons (Fsp3) is 0.417. The average molecular weight is 243 g/mol. The molecular formula is C12H19ClN2O. The van der Waals surface area contributed by atoms with Crippen LogP contribution in [0, 0.1) is 5.41 Å². The SMILES string of the molecule is CC(C)(C)[C@H](N)/C(O)=C\c1ccccn1.Cl. The van der Waals surface area contributed by atoms with Crippen LogP contribution in [0.25, 0.3) is 6.08 Å². The van der Waals surface area contributed by atoms with E-state index in [2.05, 4.69) is 4.98 Å². The van der Waals surface area contributed by atoms with E-state index >= 15 is 0 Å². The summed E-state index contributed by atoms with van der Waals surface area (Å²) in [6, 6.07) is 5.15. The Labute approximate surface area is 103 Å². The maximum absolute atomic E-state index is 9.80. The van der Waals surface area contributed by atoms with Gasteiger partial charge in [-0.3, -0.25) is 4.98 Å². The molecular weight excluding hydrogens is 224 g/mol. The second-order valence-electron chi connectivity index (χ2n) is 4.67. The summed E-state index contributed by atoms with van der Waals surface area (Å²) in [7, 11) is 0. The van der Waals surface area contributed by atoms with Crippen LogP contribution in [0.15, 0.2) is 30.2 Å². The summed E-state index contributed by atoms with van der Waals surface area (Å²) < 4.78 is 0. The summed E-state index contributed by atoms with van der Waals surface area (Å²) in [5.74, 6) is 0.168. The van der Waals surface area contributed by atoms with Crippen LogP contribution in [0.3, 0.4) is 0 Å². The standard InChI is InChI=1S/C12H18N2O.ClH/c1-12(2,3)11(13)10(15)8-9-6-4-5-7-14-9;/h4-8,11,15H,13H2,1-3H3;1H/b10-8+;/t11-;/m1./s1. The molecule has 4 heteroatoms. The molecule has 1 aromatic heterocycles. The number of pyridine rings is 1. The predicted molar refractivity (Wildman–Crippen MR) is 69.5 cm³/mol. The van der Waals surface area contributed by atoms with Gasteiger partial charge in [0.15, 0.2) is 0 Å². The maximum Gasteiger partial charge on any atom is 0.112 e. The van der Waals surface area contributed by atoms with Gasteiger partial charge in [-0.2, -0.15) is 0 Å². The summed E-state index contributed by atoms with van der Waals surface area (Å²) in [6.45, 7) is 5.96. The number of rotatable bonds is 2. The number of hydrogen-bond acceptors (Lipinski definition) is 3. The van der Waals surface area contributed by atoms with Crippen LogP contribution in [0.2, 0.25) is 0 Å². The molecule has 0 aliphatic carbocycles. The van der Waals surface area contributed by atoms with E-state index in [1.54, 1.807) is 12.3 Å². The minimum Gasteiger partial charge on any atom is -0.511 e. The molecule has 1 atom stereocenters. The molecule has 3 N–H and O–H groups in total. The van der Waals surface area contributed by atoms with Crippen molar-refractivity contribution in [3.8, 4) is 0 Å². The Morgan fingerprint density at radius 2 is 2.06 bits per heavy atom. The lowest BCUT2D eigenvalue weighted by Crippen LogP contribution is -2.36. The molecule has 0 amide bonds. The first kappa shape index (κ1) is 14.9. The number of nitrogens with zero attached hydrogens (tertiary/aromatic N) is 1. The molecule has 0 aliphatic rings. The van der Waals surface area contributed by atoms with E-state index in [0.29, 0.717) is 0 Å². The topological polar surface area (TPSA) is 59.1 Å². The first-order valence-electron chi connectivity index (χ1n) is 4.98. The summed E-state index contributed by atoms with van der Waals surface area (Å²) in [4.78, 5) is 4.09. The molecule has 0 saturated carbocycles. The first-order chi connectivity index (χ1) is 6.91. The fourth-order valence-electron chi connectivity index (χ4n) is 1.15. The molecule has 0 bridgehead atoms. The quantitative estimate of drug-likeness (QED) is 0.784. The number of halogens is 1. The van der Waals surface area contributed by atoms with Gasteiger partial charge in [-0.1, -0.05) is 26.8 Å². The van der Waals surface area contributed by atoms with E-state index in [1.165, 1.54) is 0 Å². The molecule has 0 unspecified atom stereocenters. The van der Waals surface area contributed by atoms with Crippen molar-refractivity contribution in [1.82, 2.24) is 4.98 Å². The van der Waals surface area contributed by atoms with Crippen LogP contribution in [0.1, 0.15) is 26.5 Å². The van der Waals surface area contributed by atoms with E-state index in [-0.39, 0.29) is 29.6 Å². The van der Waals surface area contributed by atoms with Gasteiger partial charge in [0.2, 0.25) is 0 Å². The van der Waals surface area contributed by atoms with Crippen molar-refractivity contribution >= 4 is 18.5 Å². The van der Waals surface area contributed by atoms with Crippen LogP contribution >= 0.6 is 12.4 Å². The zero-order chi connectivity index (χ0) is 11.5. The second kappa shape index (κ2) is 5.87. The Bertz CT molecular complexity index is 344. The molecule has 0 spiro atoms. The third-order valence-electron chi connectivity index (χ3n) is 2.24. The molecule has 0 saturated heterocycles. The Hall–Kier alpha value is -1.06. The predicted octanol–water partition coefficient (Wildman–Crippen LogP) is 2.78. The molecule has 90 valence electrons. The van der Waals surface area contributed by atoms with E-state index in [4.69, 9.17) is 5.73 Å². The first-order valence-corrected chi connectivity index (χ1v) is 4.98. The Morgan fingerprint density at radius 1 is 1.44 bits per heavy atom. The molecule has 0 radical (unpaired) electrons. The Kier molecular flexibility index (Phi) is 5.48. The van der Waals surface area contributed by atoms with Gasteiger partial charge >= 0.3 is 0 Å². The summed E-state index contributed by atoms with van der Waals surface area (Å²) >= 11 is 0. The van der Waals surface area contributed by atoms with Gasteiger partial charge in [-0.25, -0.2) is 0 Å². The normalized spacial score (nSPS) is 14.1. The van der Waals surface area contributed by atoms with Crippen LogP contribution in [0.4, 0.5) is 0 Å². The number of nitrogens with two attached hydrogens (primary N) is 1. The molecule has 0 aromatic carbocycles. The van der Waals surface area contributed by atoms with E-state index in [0.717, 1.165) is 5.69 Å². The number of aromatic nitrogens is 1. The van der Waals surface area contributed by atoms with Gasteiger partial charge in [0.1, 0.15) is 5.76 Å². The van der Waals surface area contributed by atoms with E-state index in [1.807, 2.05) is 39.0 Å². The summed E-state index contributed by atoms with van der Waals surface area (Å²) in [5, 5.41) is 9.80. The summed E-state index contributed by atoms with van der Waals surface area (Å²) in [5.41, 5.74) is 6.46. The van der Waals surface area contributed by atoms with Crippen molar-refractivity contribution in [1.29, 1.82) is 0 Å². The van der Waals surface area contributed by atoms with Crippen LogP contribution < -0.4 is 5.73 Å². The molecule has 1 heterocycles. The Balaban J connectivity index is 0.00000225. The van der Waals surface area contributed by atoms with Crippen LogP contribution in [-0.4, -0.2) is 16.1 Å². The third kappa shape index (κ3) is 4.21. The van der Waals surface area contributed by atoms with Gasteiger partial charge in [0, 0.05) is 12.3 Å². The lowest BCUT2D eigenvalue weighted by molar-refractivity contribution is 0.266. The molecule has 1 rings (SSSR count). The van der Waals surface area contributed by atoms with E-state index < -0.39 is 0 Å². The molecule has 3 nitrogen and oxygen atoms in total. The van der Waals surface area contributed by atoms with Crippen LogP contribution in [0.5, 0.6) is 0 Å². The van der Waals surface area contributed by atoms with E-state index in [9.17, 15) is 5.11 Å². The highest BCUT2D eigenvalue weighted by atomic mass is 35.5. The fourth-order valence-corrected chi connectivity index (χ4v) is 1.15. The van der Waals surface area contributed by atoms with Crippen molar-refractivity contribution in [3.63, 3.8) is 0 Å². The zero-order valence-electron chi connectivity index (χ0n) is 9.84. The minimum absolute atomic E-state index is 0. The highest BCUT2D eigenvalue weighted by Gasteiger charge is 2.23. The van der Waals surface area contributed by atoms with Crippen molar-refractivity contribution < 1.29 is 5.11 Å². The van der Waals surface area contributed by atoms with Crippen molar-refractivity contribution in [2.75, 3.05) is 0 Å². The largest absolute Gasteiger partial charge is 0.511 e. The highest BCUT2D eigenvalue weighted by molar-refractivity contribution is 5.85. The molecule has 0 fully saturated rings. The third-order valence-corrected chi connectivity index (χ3v) is 2.24. The van der Waals surface area contributed by atoms with Crippen molar-refractivity contribution in [3.05, 3.63) is 35.8 Å². The van der Waals surface area contributed by atoms with Crippen LogP contribution in [-0.2, 0) is 0 Å². The lowest BCUT2D eigenvalue weighted by Gasteiger charge is -2.26. The molecule has 0 aliphatic heterocycles. The number of aliphatic hydroxyl groups is 1. The van der Waals surface area contributed by atoms with Crippen molar-refractivity contribution in [2.24, 2.45) is 11.1 Å².